The van der Waals surface area contributed by atoms with Crippen LogP contribution in [0.25, 0.3) is 11.1 Å². The van der Waals surface area contributed by atoms with Crippen LogP contribution in [0.3, 0.4) is 0 Å². The molecule has 0 saturated heterocycles. The van der Waals surface area contributed by atoms with Gasteiger partial charge in [0.1, 0.15) is 5.82 Å². The number of nitrogen functional groups attached to an aromatic ring is 1. The monoisotopic (exact) mass is 201 g/mol. The average molecular weight is 201 g/mol. The molecule has 2 rings (SSSR count). The van der Waals surface area contributed by atoms with E-state index in [0.29, 0.717) is 11.3 Å². The molecule has 0 saturated carbocycles. The maximum Gasteiger partial charge on any atom is 0.126 e. The number of benzene rings is 2. The van der Waals surface area contributed by atoms with Crippen molar-refractivity contribution in [2.75, 3.05) is 5.73 Å². The van der Waals surface area contributed by atoms with Crippen LogP contribution in [0.15, 0.2) is 42.5 Å². The molecule has 15 heavy (non-hydrogen) atoms. The van der Waals surface area contributed by atoms with E-state index in [1.54, 1.807) is 19.1 Å². The van der Waals surface area contributed by atoms with E-state index in [1.165, 1.54) is 6.07 Å². The van der Waals surface area contributed by atoms with Crippen molar-refractivity contribution in [1.29, 1.82) is 0 Å². The maximum absolute atomic E-state index is 13.1. The number of anilines is 1. The van der Waals surface area contributed by atoms with Gasteiger partial charge in [-0.2, -0.15) is 0 Å². The van der Waals surface area contributed by atoms with Crippen molar-refractivity contribution < 1.29 is 4.39 Å². The molecule has 0 bridgehead atoms. The summed E-state index contributed by atoms with van der Waals surface area (Å²) in [4.78, 5) is 0. The van der Waals surface area contributed by atoms with Gasteiger partial charge in [0.05, 0.1) is 0 Å². The van der Waals surface area contributed by atoms with E-state index in [2.05, 4.69) is 0 Å². The van der Waals surface area contributed by atoms with Gasteiger partial charge in [0.25, 0.3) is 0 Å². The van der Waals surface area contributed by atoms with Gasteiger partial charge >= 0.3 is 0 Å². The van der Waals surface area contributed by atoms with Crippen molar-refractivity contribution in [2.45, 2.75) is 6.92 Å². The Morgan fingerprint density at radius 3 is 2.47 bits per heavy atom. The van der Waals surface area contributed by atoms with Crippen LogP contribution in [0.4, 0.5) is 10.1 Å². The van der Waals surface area contributed by atoms with Crippen LogP contribution in [0.5, 0.6) is 0 Å². The van der Waals surface area contributed by atoms with Crippen LogP contribution in [-0.2, 0) is 0 Å². The molecule has 0 spiro atoms. The molecule has 0 aromatic heterocycles. The molecule has 0 aliphatic carbocycles. The first-order valence-corrected chi connectivity index (χ1v) is 4.79. The summed E-state index contributed by atoms with van der Waals surface area (Å²) < 4.78 is 13.1. The summed E-state index contributed by atoms with van der Waals surface area (Å²) in [5, 5.41) is 0. The second-order valence-electron chi connectivity index (χ2n) is 3.55. The van der Waals surface area contributed by atoms with E-state index in [1.807, 2.05) is 24.3 Å². The Hall–Kier alpha value is -1.83. The zero-order chi connectivity index (χ0) is 10.8. The van der Waals surface area contributed by atoms with E-state index < -0.39 is 0 Å². The van der Waals surface area contributed by atoms with Gasteiger partial charge in [-0.25, -0.2) is 4.39 Å². The maximum atomic E-state index is 13.1. The van der Waals surface area contributed by atoms with Crippen molar-refractivity contribution in [2.24, 2.45) is 0 Å². The SMILES string of the molecule is Cc1cc(-c2ccccc2N)ccc1F. The van der Waals surface area contributed by atoms with Crippen LogP contribution in [0.2, 0.25) is 0 Å². The number of nitrogens with two attached hydrogens (primary N) is 1. The summed E-state index contributed by atoms with van der Waals surface area (Å²) in [6.45, 7) is 1.75. The largest absolute Gasteiger partial charge is 0.398 e. The lowest BCUT2D eigenvalue weighted by atomic mass is 10.0. The smallest absolute Gasteiger partial charge is 0.126 e. The third kappa shape index (κ3) is 1.84. The fourth-order valence-corrected chi connectivity index (χ4v) is 1.57. The highest BCUT2D eigenvalue weighted by atomic mass is 19.1. The van der Waals surface area contributed by atoms with Gasteiger partial charge in [-0.05, 0) is 36.2 Å². The molecule has 2 N–H and O–H groups in total. The van der Waals surface area contributed by atoms with Gasteiger partial charge in [-0.15, -0.1) is 0 Å². The highest BCUT2D eigenvalue weighted by Gasteiger charge is 2.03. The Bertz CT molecular complexity index is 492. The highest BCUT2D eigenvalue weighted by molar-refractivity contribution is 5.76. The van der Waals surface area contributed by atoms with Gasteiger partial charge in [-0.1, -0.05) is 24.3 Å². The molecule has 0 amide bonds. The lowest BCUT2D eigenvalue weighted by Crippen LogP contribution is -1.90. The number of halogens is 1. The van der Waals surface area contributed by atoms with E-state index >= 15 is 0 Å². The van der Waals surface area contributed by atoms with Crippen LogP contribution < -0.4 is 5.73 Å². The molecule has 76 valence electrons. The summed E-state index contributed by atoms with van der Waals surface area (Å²) in [5.74, 6) is -0.187. The van der Waals surface area contributed by atoms with Gasteiger partial charge in [0, 0.05) is 11.3 Å². The Balaban J connectivity index is 2.55. The number of para-hydroxylation sites is 1. The van der Waals surface area contributed by atoms with Crippen LogP contribution in [-0.4, -0.2) is 0 Å². The Morgan fingerprint density at radius 2 is 1.80 bits per heavy atom. The summed E-state index contributed by atoms with van der Waals surface area (Å²) in [6.07, 6.45) is 0. The summed E-state index contributed by atoms with van der Waals surface area (Å²) in [7, 11) is 0. The van der Waals surface area contributed by atoms with E-state index in [0.717, 1.165) is 11.1 Å². The summed E-state index contributed by atoms with van der Waals surface area (Å²) >= 11 is 0. The predicted molar refractivity (Wildman–Crippen MR) is 61.0 cm³/mol. The average Bonchev–Trinajstić information content (AvgIpc) is 2.23. The topological polar surface area (TPSA) is 26.0 Å². The van der Waals surface area contributed by atoms with Gasteiger partial charge in [0.15, 0.2) is 0 Å². The molecule has 0 atom stereocenters. The first-order chi connectivity index (χ1) is 7.18. The van der Waals surface area contributed by atoms with Crippen molar-refractivity contribution in [3.63, 3.8) is 0 Å². The molecule has 2 heteroatoms. The predicted octanol–water partition coefficient (Wildman–Crippen LogP) is 3.38. The highest BCUT2D eigenvalue weighted by Crippen LogP contribution is 2.26. The van der Waals surface area contributed by atoms with Crippen molar-refractivity contribution in [1.82, 2.24) is 0 Å². The molecule has 0 aliphatic heterocycles. The zero-order valence-electron chi connectivity index (χ0n) is 8.50. The first kappa shape index (κ1) is 9.71. The van der Waals surface area contributed by atoms with Crippen molar-refractivity contribution in [3.05, 3.63) is 53.8 Å². The minimum Gasteiger partial charge on any atom is -0.398 e. The first-order valence-electron chi connectivity index (χ1n) is 4.79. The van der Waals surface area contributed by atoms with Gasteiger partial charge in [0.2, 0.25) is 0 Å². The molecule has 2 aromatic rings. The molecule has 1 nitrogen and oxygen atoms in total. The fraction of sp³-hybridized carbons (Fsp3) is 0.0769. The molecule has 0 fully saturated rings. The zero-order valence-corrected chi connectivity index (χ0v) is 8.50. The van der Waals surface area contributed by atoms with Crippen LogP contribution in [0.1, 0.15) is 5.56 Å². The molecule has 2 aromatic carbocycles. The summed E-state index contributed by atoms with van der Waals surface area (Å²) in [5.41, 5.74) is 9.09. The molecule has 0 unspecified atom stereocenters. The lowest BCUT2D eigenvalue weighted by Gasteiger charge is -2.06. The second kappa shape index (κ2) is 3.73. The van der Waals surface area contributed by atoms with Crippen molar-refractivity contribution >= 4 is 5.69 Å². The van der Waals surface area contributed by atoms with Gasteiger partial charge < -0.3 is 5.73 Å². The molecule has 0 aliphatic rings. The normalized spacial score (nSPS) is 10.3. The quantitative estimate of drug-likeness (QED) is 0.703. The van der Waals surface area contributed by atoms with E-state index in [9.17, 15) is 4.39 Å². The van der Waals surface area contributed by atoms with E-state index in [-0.39, 0.29) is 5.82 Å². The minimum absolute atomic E-state index is 0.187. The third-order valence-corrected chi connectivity index (χ3v) is 2.43. The van der Waals surface area contributed by atoms with E-state index in [4.69, 9.17) is 5.73 Å². The minimum atomic E-state index is -0.187. The third-order valence-electron chi connectivity index (χ3n) is 2.43. The molecular weight excluding hydrogens is 189 g/mol. The van der Waals surface area contributed by atoms with Gasteiger partial charge in [-0.3, -0.25) is 0 Å². The standard InChI is InChI=1S/C13H12FN/c1-9-8-10(6-7-12(9)14)11-4-2-3-5-13(11)15/h2-8H,15H2,1H3. The molecule has 0 radical (unpaired) electrons. The van der Waals surface area contributed by atoms with Crippen LogP contribution >= 0.6 is 0 Å². The number of hydrogen-bond acceptors (Lipinski definition) is 1. The number of rotatable bonds is 1. The summed E-state index contributed by atoms with van der Waals surface area (Å²) in [6, 6.07) is 12.6. The number of aryl methyl sites for hydroxylation is 1. The second-order valence-corrected chi connectivity index (χ2v) is 3.55. The number of hydrogen-bond donors (Lipinski definition) is 1. The molecule has 0 heterocycles. The van der Waals surface area contributed by atoms with Crippen LogP contribution in [0, 0.1) is 12.7 Å². The molecular formula is C13H12FN. The van der Waals surface area contributed by atoms with Crippen molar-refractivity contribution in [3.8, 4) is 11.1 Å². The Kier molecular flexibility index (Phi) is 2.42. The fourth-order valence-electron chi connectivity index (χ4n) is 1.57. The Labute approximate surface area is 88.4 Å². The lowest BCUT2D eigenvalue weighted by molar-refractivity contribution is 0.619. The Morgan fingerprint density at radius 1 is 1.07 bits per heavy atom.